The number of benzene rings is 1. The van der Waals surface area contributed by atoms with Gasteiger partial charge >= 0.3 is 0 Å². The standard InChI is InChI=1S/C12H9F5O2/c13-7-6(8(14)10(16)11(17)9(7)15)12(18)5-2-1-3-19-4-5/h5H,1-4H2. The third-order valence-corrected chi connectivity index (χ3v) is 2.99. The molecule has 0 aromatic heterocycles. The van der Waals surface area contributed by atoms with Crippen LogP contribution in [-0.2, 0) is 4.74 Å². The van der Waals surface area contributed by atoms with Crippen LogP contribution in [0.15, 0.2) is 0 Å². The van der Waals surface area contributed by atoms with E-state index in [1.165, 1.54) is 0 Å². The number of ketones is 1. The van der Waals surface area contributed by atoms with Crippen LogP contribution in [-0.4, -0.2) is 19.0 Å². The fourth-order valence-corrected chi connectivity index (χ4v) is 1.97. The van der Waals surface area contributed by atoms with Crippen molar-refractivity contribution in [3.05, 3.63) is 34.6 Å². The maximum atomic E-state index is 13.4. The number of halogens is 5. The molecule has 0 N–H and O–H groups in total. The van der Waals surface area contributed by atoms with E-state index >= 15 is 0 Å². The lowest BCUT2D eigenvalue weighted by Crippen LogP contribution is -2.27. The molecule has 0 saturated carbocycles. The molecule has 1 atom stereocenters. The van der Waals surface area contributed by atoms with E-state index in [0.29, 0.717) is 19.4 Å². The van der Waals surface area contributed by atoms with E-state index in [-0.39, 0.29) is 6.61 Å². The Kier molecular flexibility index (Phi) is 3.84. The molecule has 19 heavy (non-hydrogen) atoms. The van der Waals surface area contributed by atoms with Gasteiger partial charge in [-0.1, -0.05) is 0 Å². The van der Waals surface area contributed by atoms with Gasteiger partial charge in [-0.2, -0.15) is 0 Å². The third-order valence-electron chi connectivity index (χ3n) is 2.99. The summed E-state index contributed by atoms with van der Waals surface area (Å²) in [5.41, 5.74) is -1.38. The summed E-state index contributed by atoms with van der Waals surface area (Å²) in [7, 11) is 0. The molecule has 1 aliphatic heterocycles. The average molecular weight is 280 g/mol. The fourth-order valence-electron chi connectivity index (χ4n) is 1.97. The minimum Gasteiger partial charge on any atom is -0.381 e. The first-order valence-corrected chi connectivity index (χ1v) is 5.58. The van der Waals surface area contributed by atoms with Crippen LogP contribution in [0, 0.1) is 35.0 Å². The molecular formula is C12H9F5O2. The summed E-state index contributed by atoms with van der Waals surface area (Å²) in [5, 5.41) is 0. The molecule has 1 aromatic carbocycles. The Labute approximate surface area is 105 Å². The highest BCUT2D eigenvalue weighted by Crippen LogP contribution is 2.27. The molecule has 1 aliphatic rings. The first-order valence-electron chi connectivity index (χ1n) is 5.58. The lowest BCUT2D eigenvalue weighted by Gasteiger charge is -2.21. The molecule has 7 heteroatoms. The molecule has 0 amide bonds. The summed E-state index contributed by atoms with van der Waals surface area (Å²) in [6.07, 6.45) is 0.782. The van der Waals surface area contributed by atoms with E-state index in [1.54, 1.807) is 0 Å². The number of hydrogen-bond acceptors (Lipinski definition) is 2. The van der Waals surface area contributed by atoms with Gasteiger partial charge in [-0.3, -0.25) is 4.79 Å². The lowest BCUT2D eigenvalue weighted by atomic mass is 9.92. The zero-order chi connectivity index (χ0) is 14.2. The predicted octanol–water partition coefficient (Wildman–Crippen LogP) is 2.99. The molecule has 0 bridgehead atoms. The second-order valence-electron chi connectivity index (χ2n) is 4.22. The van der Waals surface area contributed by atoms with Gasteiger partial charge in [-0.15, -0.1) is 0 Å². The van der Waals surface area contributed by atoms with Crippen molar-refractivity contribution in [3.8, 4) is 0 Å². The highest BCUT2D eigenvalue weighted by molar-refractivity contribution is 5.98. The molecule has 0 aliphatic carbocycles. The van der Waals surface area contributed by atoms with Crippen molar-refractivity contribution < 1.29 is 31.5 Å². The van der Waals surface area contributed by atoms with Crippen molar-refractivity contribution in [2.24, 2.45) is 5.92 Å². The Balaban J connectivity index is 2.47. The van der Waals surface area contributed by atoms with Crippen LogP contribution in [0.2, 0.25) is 0 Å². The third kappa shape index (κ3) is 2.34. The van der Waals surface area contributed by atoms with Gasteiger partial charge < -0.3 is 4.74 Å². The lowest BCUT2D eigenvalue weighted by molar-refractivity contribution is 0.0454. The molecule has 1 unspecified atom stereocenters. The molecule has 1 heterocycles. The van der Waals surface area contributed by atoms with Crippen molar-refractivity contribution in [1.29, 1.82) is 0 Å². The Morgan fingerprint density at radius 2 is 1.47 bits per heavy atom. The summed E-state index contributed by atoms with van der Waals surface area (Å²) >= 11 is 0. The molecule has 1 saturated heterocycles. The molecule has 2 nitrogen and oxygen atoms in total. The maximum Gasteiger partial charge on any atom is 0.200 e. The van der Waals surface area contributed by atoms with Crippen LogP contribution >= 0.6 is 0 Å². The van der Waals surface area contributed by atoms with Crippen molar-refractivity contribution in [1.82, 2.24) is 0 Å². The topological polar surface area (TPSA) is 26.3 Å². The number of rotatable bonds is 2. The number of hydrogen-bond donors (Lipinski definition) is 0. The first kappa shape index (κ1) is 13.9. The predicted molar refractivity (Wildman–Crippen MR) is 54.1 cm³/mol. The summed E-state index contributed by atoms with van der Waals surface area (Å²) in [4.78, 5) is 11.8. The SMILES string of the molecule is O=C(c1c(F)c(F)c(F)c(F)c1F)C1CCCOC1. The summed E-state index contributed by atoms with van der Waals surface area (Å²) in [5.74, 6) is -12.7. The van der Waals surface area contributed by atoms with E-state index in [2.05, 4.69) is 0 Å². The van der Waals surface area contributed by atoms with E-state index in [1.807, 2.05) is 0 Å². The Morgan fingerprint density at radius 3 is 1.95 bits per heavy atom. The first-order chi connectivity index (χ1) is 8.95. The van der Waals surface area contributed by atoms with Crippen molar-refractivity contribution in [2.45, 2.75) is 12.8 Å². The number of carbonyl (C=O) groups is 1. The van der Waals surface area contributed by atoms with Crippen molar-refractivity contribution in [3.63, 3.8) is 0 Å². The highest BCUT2D eigenvalue weighted by atomic mass is 19.2. The monoisotopic (exact) mass is 280 g/mol. The minimum atomic E-state index is -2.27. The maximum absolute atomic E-state index is 13.4. The van der Waals surface area contributed by atoms with Gasteiger partial charge in [-0.05, 0) is 12.8 Å². The smallest absolute Gasteiger partial charge is 0.200 e. The van der Waals surface area contributed by atoms with Crippen LogP contribution in [0.1, 0.15) is 23.2 Å². The largest absolute Gasteiger partial charge is 0.381 e. The summed E-state index contributed by atoms with van der Waals surface area (Å²) in [6.45, 7) is 0.319. The van der Waals surface area contributed by atoms with Crippen molar-refractivity contribution in [2.75, 3.05) is 13.2 Å². The fraction of sp³-hybridized carbons (Fsp3) is 0.417. The van der Waals surface area contributed by atoms with Crippen LogP contribution in [0.3, 0.4) is 0 Å². The average Bonchev–Trinajstić information content (AvgIpc) is 2.44. The van der Waals surface area contributed by atoms with Crippen molar-refractivity contribution >= 4 is 5.78 Å². The van der Waals surface area contributed by atoms with E-state index in [0.717, 1.165) is 0 Å². The zero-order valence-electron chi connectivity index (χ0n) is 9.61. The Bertz CT molecular complexity index is 494. The quantitative estimate of drug-likeness (QED) is 0.360. The number of carbonyl (C=O) groups excluding carboxylic acids is 1. The molecule has 0 radical (unpaired) electrons. The van der Waals surface area contributed by atoms with Gasteiger partial charge in [-0.25, -0.2) is 22.0 Å². The van der Waals surface area contributed by atoms with Gasteiger partial charge in [0.15, 0.2) is 29.1 Å². The second kappa shape index (κ2) is 5.24. The summed E-state index contributed by atoms with van der Waals surface area (Å²) in [6, 6.07) is 0. The van der Waals surface area contributed by atoms with Gasteiger partial charge in [0.1, 0.15) is 0 Å². The minimum absolute atomic E-state index is 0.0850. The molecule has 1 aromatic rings. The number of Topliss-reactive ketones (excluding diaryl/α,β-unsaturated/α-hetero) is 1. The Hall–Kier alpha value is -1.50. The van der Waals surface area contributed by atoms with Gasteiger partial charge in [0.25, 0.3) is 0 Å². The van der Waals surface area contributed by atoms with Gasteiger partial charge in [0, 0.05) is 12.5 Å². The van der Waals surface area contributed by atoms with Crippen LogP contribution < -0.4 is 0 Å². The van der Waals surface area contributed by atoms with Gasteiger partial charge in [0.05, 0.1) is 12.2 Å². The Morgan fingerprint density at radius 1 is 0.947 bits per heavy atom. The van der Waals surface area contributed by atoms with E-state index in [4.69, 9.17) is 4.74 Å². The normalized spacial score (nSPS) is 19.5. The molecule has 0 spiro atoms. The van der Waals surface area contributed by atoms with Crippen LogP contribution in [0.5, 0.6) is 0 Å². The molecule has 1 fully saturated rings. The number of ether oxygens (including phenoxy) is 1. The highest BCUT2D eigenvalue weighted by Gasteiger charge is 2.33. The zero-order valence-corrected chi connectivity index (χ0v) is 9.61. The molecular weight excluding hydrogens is 271 g/mol. The molecule has 104 valence electrons. The van der Waals surface area contributed by atoms with E-state index in [9.17, 15) is 26.7 Å². The van der Waals surface area contributed by atoms with Crippen LogP contribution in [0.4, 0.5) is 22.0 Å². The second-order valence-corrected chi connectivity index (χ2v) is 4.22. The van der Waals surface area contributed by atoms with Gasteiger partial charge in [0.2, 0.25) is 5.82 Å². The molecule has 2 rings (SSSR count). The van der Waals surface area contributed by atoms with Crippen LogP contribution in [0.25, 0.3) is 0 Å². The summed E-state index contributed by atoms with van der Waals surface area (Å²) < 4.78 is 70.6. The van der Waals surface area contributed by atoms with E-state index < -0.39 is 46.4 Å².